The summed E-state index contributed by atoms with van der Waals surface area (Å²) in [4.78, 5) is 20.6. The lowest BCUT2D eigenvalue weighted by Crippen LogP contribution is -2.53. The van der Waals surface area contributed by atoms with Gasteiger partial charge in [0.05, 0.1) is 37.4 Å². The van der Waals surface area contributed by atoms with Crippen LogP contribution in [0.3, 0.4) is 0 Å². The first kappa shape index (κ1) is 19.4. The van der Waals surface area contributed by atoms with Crippen molar-refractivity contribution in [2.24, 2.45) is 5.73 Å². The second-order valence-electron chi connectivity index (χ2n) is 6.43. The number of anilines is 1. The zero-order chi connectivity index (χ0) is 19.6. The average molecular weight is 382 g/mol. The second-order valence-corrected chi connectivity index (χ2v) is 6.43. The van der Waals surface area contributed by atoms with E-state index in [4.69, 9.17) is 16.2 Å². The predicted octanol–water partition coefficient (Wildman–Crippen LogP) is -1.17. The highest BCUT2D eigenvalue weighted by molar-refractivity contribution is 5.84. The Hall–Kier alpha value is -2.34. The van der Waals surface area contributed by atoms with Gasteiger partial charge in [0, 0.05) is 6.20 Å². The Morgan fingerprint density at radius 3 is 2.96 bits per heavy atom. The molecule has 0 saturated carbocycles. The lowest BCUT2D eigenvalue weighted by atomic mass is 10.1. The van der Waals surface area contributed by atoms with Crippen LogP contribution in [0.2, 0.25) is 0 Å². The smallest absolute Gasteiger partial charge is 0.237 e. The fraction of sp³-hybridized carbons (Fsp3) is 0.562. The standard InChI is InChI=1S/C16H23FN6O4/c17-4-1-2-9(19)15(26)22-12-10(6-24)27-16(13(12)25)23-7-21-11-8(18)3-5-20-14(11)23/h3,5,7,9-10,12-13,16,24-25H,1-2,4,6,19H2,(H2,18,20)(H,22,26)/t9?,10-,12+,13?,16-/m1/s1. The van der Waals surface area contributed by atoms with Gasteiger partial charge in [0.2, 0.25) is 5.91 Å². The number of aliphatic hydroxyl groups excluding tert-OH is 2. The van der Waals surface area contributed by atoms with Crippen LogP contribution in [-0.2, 0) is 9.53 Å². The summed E-state index contributed by atoms with van der Waals surface area (Å²) in [6, 6.07) is -0.214. The van der Waals surface area contributed by atoms with Gasteiger partial charge >= 0.3 is 0 Å². The van der Waals surface area contributed by atoms with Crippen molar-refractivity contribution in [3.63, 3.8) is 0 Å². The molecule has 2 aromatic heterocycles. The molecule has 27 heavy (non-hydrogen) atoms. The van der Waals surface area contributed by atoms with Crippen molar-refractivity contribution < 1.29 is 24.1 Å². The monoisotopic (exact) mass is 382 g/mol. The Labute approximate surface area is 154 Å². The lowest BCUT2D eigenvalue weighted by molar-refractivity contribution is -0.124. The molecule has 2 unspecified atom stereocenters. The number of halogens is 1. The van der Waals surface area contributed by atoms with E-state index < -0.39 is 49.7 Å². The Morgan fingerprint density at radius 2 is 2.26 bits per heavy atom. The fourth-order valence-corrected chi connectivity index (χ4v) is 3.15. The molecule has 3 heterocycles. The van der Waals surface area contributed by atoms with E-state index in [9.17, 15) is 19.4 Å². The van der Waals surface area contributed by atoms with E-state index in [-0.39, 0.29) is 12.8 Å². The van der Waals surface area contributed by atoms with Crippen molar-refractivity contribution in [3.8, 4) is 0 Å². The number of rotatable bonds is 7. The van der Waals surface area contributed by atoms with E-state index in [2.05, 4.69) is 15.3 Å². The molecule has 1 aliphatic heterocycles. The first-order valence-corrected chi connectivity index (χ1v) is 8.61. The number of hydrogen-bond acceptors (Lipinski definition) is 8. The molecule has 148 valence electrons. The molecular formula is C16H23FN6O4. The summed E-state index contributed by atoms with van der Waals surface area (Å²) in [7, 11) is 0. The summed E-state index contributed by atoms with van der Waals surface area (Å²) in [5.41, 5.74) is 12.9. The van der Waals surface area contributed by atoms with Crippen LogP contribution >= 0.6 is 0 Å². The van der Waals surface area contributed by atoms with Crippen LogP contribution < -0.4 is 16.8 Å². The highest BCUT2D eigenvalue weighted by Crippen LogP contribution is 2.32. The maximum atomic E-state index is 12.3. The number of ether oxygens (including phenoxy) is 1. The Bertz CT molecular complexity index is 802. The summed E-state index contributed by atoms with van der Waals surface area (Å²) in [5.74, 6) is -0.548. The Kier molecular flexibility index (Phi) is 5.85. The normalized spacial score (nSPS) is 26.4. The van der Waals surface area contributed by atoms with Gasteiger partial charge in [0.1, 0.15) is 17.7 Å². The van der Waals surface area contributed by atoms with E-state index in [1.54, 1.807) is 6.07 Å². The number of carbonyl (C=O) groups is 1. The number of aliphatic hydroxyl groups is 2. The number of fused-ring (bicyclic) bond motifs is 1. The van der Waals surface area contributed by atoms with Crippen molar-refractivity contribution in [1.29, 1.82) is 0 Å². The molecule has 3 rings (SSSR count). The SMILES string of the molecule is Nc1ccnc2c1ncn2[C@@H]1O[C@H](CO)[C@H](NC(=O)C(N)CCCF)C1O. The zero-order valence-corrected chi connectivity index (χ0v) is 14.5. The number of alkyl halides is 1. The first-order chi connectivity index (χ1) is 13.0. The number of aromatic nitrogens is 3. The zero-order valence-electron chi connectivity index (χ0n) is 14.5. The molecular weight excluding hydrogens is 359 g/mol. The van der Waals surface area contributed by atoms with Gasteiger partial charge in [-0.3, -0.25) is 13.8 Å². The molecule has 10 nitrogen and oxygen atoms in total. The predicted molar refractivity (Wildman–Crippen MR) is 94.1 cm³/mol. The Morgan fingerprint density at radius 1 is 1.48 bits per heavy atom. The molecule has 1 amide bonds. The molecule has 7 N–H and O–H groups in total. The molecule has 0 aromatic carbocycles. The number of nitrogens with two attached hydrogens (primary N) is 2. The summed E-state index contributed by atoms with van der Waals surface area (Å²) in [5, 5.41) is 22.9. The van der Waals surface area contributed by atoms with Gasteiger partial charge in [-0.15, -0.1) is 0 Å². The minimum absolute atomic E-state index is 0.165. The minimum Gasteiger partial charge on any atom is -0.397 e. The van der Waals surface area contributed by atoms with E-state index in [0.717, 1.165) is 0 Å². The van der Waals surface area contributed by atoms with Gasteiger partial charge in [-0.05, 0) is 18.9 Å². The largest absolute Gasteiger partial charge is 0.397 e. The molecule has 1 saturated heterocycles. The molecule has 0 aliphatic carbocycles. The quantitative estimate of drug-likeness (QED) is 0.400. The third-order valence-corrected chi connectivity index (χ3v) is 4.62. The molecule has 11 heteroatoms. The van der Waals surface area contributed by atoms with Gasteiger partial charge in [-0.2, -0.15) is 0 Å². The van der Waals surface area contributed by atoms with Crippen LogP contribution in [0, 0.1) is 0 Å². The number of hydrogen-bond donors (Lipinski definition) is 5. The summed E-state index contributed by atoms with van der Waals surface area (Å²) in [6.07, 6.45) is 0.277. The number of nitrogens with zero attached hydrogens (tertiary/aromatic N) is 3. The number of imidazole rings is 1. The van der Waals surface area contributed by atoms with Crippen molar-refractivity contribution in [2.45, 2.75) is 43.4 Å². The van der Waals surface area contributed by atoms with Crippen molar-refractivity contribution in [2.75, 3.05) is 19.0 Å². The third-order valence-electron chi connectivity index (χ3n) is 4.62. The first-order valence-electron chi connectivity index (χ1n) is 8.61. The number of carbonyl (C=O) groups excluding carboxylic acids is 1. The fourth-order valence-electron chi connectivity index (χ4n) is 3.15. The molecule has 0 radical (unpaired) electrons. The summed E-state index contributed by atoms with van der Waals surface area (Å²) >= 11 is 0. The van der Waals surface area contributed by atoms with E-state index in [1.807, 2.05) is 0 Å². The third kappa shape index (κ3) is 3.72. The number of pyridine rings is 1. The van der Waals surface area contributed by atoms with Gasteiger partial charge in [0.15, 0.2) is 11.9 Å². The summed E-state index contributed by atoms with van der Waals surface area (Å²) in [6.45, 7) is -0.998. The number of nitrogen functional groups attached to an aromatic ring is 1. The topological polar surface area (TPSA) is 162 Å². The van der Waals surface area contributed by atoms with Crippen LogP contribution in [0.25, 0.3) is 11.2 Å². The van der Waals surface area contributed by atoms with E-state index in [0.29, 0.717) is 16.9 Å². The summed E-state index contributed by atoms with van der Waals surface area (Å²) < 4.78 is 19.5. The van der Waals surface area contributed by atoms with Crippen molar-refractivity contribution >= 4 is 22.8 Å². The maximum absolute atomic E-state index is 12.3. The van der Waals surface area contributed by atoms with E-state index >= 15 is 0 Å². The lowest BCUT2D eigenvalue weighted by Gasteiger charge is -2.22. The molecule has 5 atom stereocenters. The second kappa shape index (κ2) is 8.13. The van der Waals surface area contributed by atoms with Crippen LogP contribution in [0.15, 0.2) is 18.6 Å². The van der Waals surface area contributed by atoms with Gasteiger partial charge in [-0.1, -0.05) is 0 Å². The van der Waals surface area contributed by atoms with Gasteiger partial charge < -0.3 is 31.7 Å². The Balaban J connectivity index is 1.79. The van der Waals surface area contributed by atoms with Gasteiger partial charge in [-0.25, -0.2) is 9.97 Å². The van der Waals surface area contributed by atoms with Crippen LogP contribution in [0.4, 0.5) is 10.1 Å². The van der Waals surface area contributed by atoms with Crippen molar-refractivity contribution in [3.05, 3.63) is 18.6 Å². The molecule has 1 fully saturated rings. The molecule has 0 spiro atoms. The molecule has 1 aliphatic rings. The highest BCUT2D eigenvalue weighted by atomic mass is 19.1. The van der Waals surface area contributed by atoms with Crippen LogP contribution in [-0.4, -0.2) is 68.2 Å². The molecule has 0 bridgehead atoms. The highest BCUT2D eigenvalue weighted by Gasteiger charge is 2.46. The maximum Gasteiger partial charge on any atom is 0.237 e. The van der Waals surface area contributed by atoms with Crippen LogP contribution in [0.1, 0.15) is 19.1 Å². The minimum atomic E-state index is -1.19. The van der Waals surface area contributed by atoms with Crippen LogP contribution in [0.5, 0.6) is 0 Å². The average Bonchev–Trinajstić information content (AvgIpc) is 3.22. The van der Waals surface area contributed by atoms with Gasteiger partial charge in [0.25, 0.3) is 0 Å². The van der Waals surface area contributed by atoms with Crippen molar-refractivity contribution in [1.82, 2.24) is 19.9 Å². The number of amides is 1. The molecule has 2 aromatic rings. The van der Waals surface area contributed by atoms with E-state index in [1.165, 1.54) is 17.1 Å². The number of nitrogens with one attached hydrogen (secondary N) is 1.